The largest absolute Gasteiger partial charge is 0.448 e. The molecular weight excluding hydrogens is 823 g/mol. The zero-order valence-corrected chi connectivity index (χ0v) is 35.7. The summed E-state index contributed by atoms with van der Waals surface area (Å²) in [6.07, 6.45) is 3.04. The van der Waals surface area contributed by atoms with E-state index in [-0.39, 0.29) is 17.1 Å². The van der Waals surface area contributed by atoms with Crippen molar-refractivity contribution in [1.29, 1.82) is 0 Å². The van der Waals surface area contributed by atoms with Crippen LogP contribution in [0.25, 0.3) is 0 Å². The van der Waals surface area contributed by atoms with Crippen LogP contribution < -0.4 is 10.6 Å². The van der Waals surface area contributed by atoms with E-state index in [2.05, 4.69) is 52.2 Å². The quantitative estimate of drug-likeness (QED) is 0.0343. The molecule has 1 saturated heterocycles. The molecule has 6 aromatic rings. The zero-order chi connectivity index (χ0) is 42.2. The first-order valence-corrected chi connectivity index (χ1v) is 22.6. The van der Waals surface area contributed by atoms with Gasteiger partial charge in [-0.15, -0.1) is 34.9 Å². The molecule has 306 valence electrons. The van der Waals surface area contributed by atoms with E-state index in [0.29, 0.717) is 16.5 Å². The highest BCUT2D eigenvalue weighted by Crippen LogP contribution is 2.43. The third kappa shape index (κ3) is 8.49. The summed E-state index contributed by atoms with van der Waals surface area (Å²) in [7, 11) is 1.35. The highest BCUT2D eigenvalue weighted by Gasteiger charge is 2.55. The molecule has 2 N–H and O–H groups in total. The van der Waals surface area contributed by atoms with Gasteiger partial charge in [-0.3, -0.25) is 14.5 Å². The number of ether oxygens (including phenoxy) is 1. The maximum Gasteiger partial charge on any atom is 0.356 e. The highest BCUT2D eigenvalue weighted by atomic mass is 32.2. The number of anilines is 1. The topological polar surface area (TPSA) is 122 Å². The fourth-order valence-electron chi connectivity index (χ4n) is 7.54. The van der Waals surface area contributed by atoms with Crippen LogP contribution in [-0.2, 0) is 29.5 Å². The van der Waals surface area contributed by atoms with Gasteiger partial charge in [0, 0.05) is 11.1 Å². The molecule has 5 aromatic carbocycles. The normalized spacial score (nSPS) is 16.5. The van der Waals surface area contributed by atoms with Crippen molar-refractivity contribution in [2.24, 2.45) is 5.16 Å². The lowest BCUT2D eigenvalue weighted by Crippen LogP contribution is -2.71. The van der Waals surface area contributed by atoms with Crippen LogP contribution in [-0.4, -0.2) is 63.9 Å². The van der Waals surface area contributed by atoms with Gasteiger partial charge in [0.15, 0.2) is 16.9 Å². The van der Waals surface area contributed by atoms with Crippen molar-refractivity contribution in [3.8, 4) is 0 Å². The van der Waals surface area contributed by atoms with Gasteiger partial charge >= 0.3 is 5.97 Å². The number of allylic oxidation sites excluding steroid dienone is 1. The van der Waals surface area contributed by atoms with Gasteiger partial charge in [-0.25, -0.2) is 9.78 Å². The zero-order valence-electron chi connectivity index (χ0n) is 33.2. The number of carbonyl (C=O) groups excluding carboxylic acids is 3. The first-order valence-electron chi connectivity index (χ1n) is 19.4. The predicted octanol–water partition coefficient (Wildman–Crippen LogP) is 8.76. The summed E-state index contributed by atoms with van der Waals surface area (Å²) >= 11 is 4.25. The first-order chi connectivity index (χ1) is 29.9. The molecule has 10 nitrogen and oxygen atoms in total. The number of esters is 1. The molecule has 2 aliphatic rings. The van der Waals surface area contributed by atoms with Crippen LogP contribution in [0.2, 0.25) is 0 Å². The summed E-state index contributed by atoms with van der Waals surface area (Å²) in [6, 6.07) is 48.4. The SMILES string of the molecule is CON=C(C(=O)NC1C(=O)N2C(C(=O)OC(c3ccccc3)c3ccccc3)=C(C=CSC)CSC12)c1csc(NC(c2ccccc2)(c2ccccc2)c2ccccc2)n1. The van der Waals surface area contributed by atoms with Crippen molar-refractivity contribution in [3.05, 3.63) is 213 Å². The fourth-order valence-corrected chi connectivity index (χ4v) is 9.91. The average Bonchev–Trinajstić information content (AvgIpc) is 3.79. The first kappa shape index (κ1) is 41.3. The molecule has 0 aliphatic carbocycles. The summed E-state index contributed by atoms with van der Waals surface area (Å²) in [4.78, 5) is 54.0. The highest BCUT2D eigenvalue weighted by molar-refractivity contribution is 8.01. The average molecular weight is 864 g/mol. The second-order valence-corrected chi connectivity index (χ2v) is 16.7. The van der Waals surface area contributed by atoms with Crippen LogP contribution in [0.3, 0.4) is 0 Å². The Bertz CT molecular complexity index is 2440. The van der Waals surface area contributed by atoms with Gasteiger partial charge in [-0.1, -0.05) is 157 Å². The summed E-state index contributed by atoms with van der Waals surface area (Å²) in [5.41, 5.74) is 4.68. The predicted molar refractivity (Wildman–Crippen MR) is 244 cm³/mol. The fraction of sp³-hybridized carbons (Fsp3) is 0.146. The molecule has 0 saturated carbocycles. The van der Waals surface area contributed by atoms with Crippen LogP contribution in [0.5, 0.6) is 0 Å². The number of oxime groups is 1. The van der Waals surface area contributed by atoms with E-state index >= 15 is 0 Å². The minimum absolute atomic E-state index is 0.101. The van der Waals surface area contributed by atoms with Crippen LogP contribution >= 0.6 is 34.9 Å². The standard InChI is InChI=1S/C48H41N5O5S3/c1-57-52-39(38-31-61-47(49-38)51-48(35-22-12-5-13-23-35,36-24-14-6-15-25-36)37-26-16-7-17-27-37)43(54)50-40-44(55)53-41(34(28-29-59-2)30-60-45(40)53)46(56)58-42(32-18-8-3-9-19-32)33-20-10-4-11-21-33/h3-29,31,40,42,45H,30H2,1-2H3,(H,49,51)(H,50,54). The number of thioether (sulfide) groups is 2. The van der Waals surface area contributed by atoms with E-state index in [1.807, 2.05) is 133 Å². The van der Waals surface area contributed by atoms with Crippen molar-refractivity contribution < 1.29 is 24.0 Å². The molecule has 13 heteroatoms. The molecular formula is C48H41N5O5S3. The van der Waals surface area contributed by atoms with Crippen molar-refractivity contribution in [2.75, 3.05) is 24.4 Å². The lowest BCUT2D eigenvalue weighted by molar-refractivity contribution is -0.154. The number of aromatic nitrogens is 1. The summed E-state index contributed by atoms with van der Waals surface area (Å²) in [5.74, 6) is -1.31. The third-order valence-corrected chi connectivity index (χ3v) is 12.8. The van der Waals surface area contributed by atoms with Crippen LogP contribution in [0.4, 0.5) is 5.13 Å². The lowest BCUT2D eigenvalue weighted by Gasteiger charge is -2.49. The molecule has 0 bridgehead atoms. The Morgan fingerprint density at radius 3 is 1.87 bits per heavy atom. The van der Waals surface area contributed by atoms with Gasteiger partial charge in [0.2, 0.25) is 0 Å². The van der Waals surface area contributed by atoms with E-state index in [0.717, 1.165) is 27.8 Å². The van der Waals surface area contributed by atoms with Crippen molar-refractivity contribution in [2.45, 2.75) is 23.1 Å². The number of hydrogen-bond acceptors (Lipinski definition) is 11. The smallest absolute Gasteiger partial charge is 0.356 e. The maximum absolute atomic E-state index is 14.3. The Balaban J connectivity index is 1.05. The Morgan fingerprint density at radius 2 is 1.36 bits per heavy atom. The minimum atomic E-state index is -0.953. The van der Waals surface area contributed by atoms with Crippen LogP contribution in [0.15, 0.2) is 185 Å². The van der Waals surface area contributed by atoms with E-state index in [1.54, 1.807) is 5.38 Å². The van der Waals surface area contributed by atoms with E-state index in [4.69, 9.17) is 14.6 Å². The van der Waals surface area contributed by atoms with E-state index < -0.39 is 40.8 Å². The third-order valence-electron chi connectivity index (χ3n) is 10.4. The molecule has 8 rings (SSSR count). The van der Waals surface area contributed by atoms with Gasteiger partial charge in [-0.2, -0.15) is 0 Å². The number of thiazole rings is 1. The van der Waals surface area contributed by atoms with Crippen molar-refractivity contribution in [1.82, 2.24) is 15.2 Å². The molecule has 0 radical (unpaired) electrons. The van der Waals surface area contributed by atoms with Crippen LogP contribution in [0, 0.1) is 0 Å². The summed E-state index contributed by atoms with van der Waals surface area (Å²) in [5, 5.41) is 14.3. The number of rotatable bonds is 15. The van der Waals surface area contributed by atoms with Crippen molar-refractivity contribution in [3.63, 3.8) is 0 Å². The number of amides is 2. The maximum atomic E-state index is 14.3. The molecule has 3 heterocycles. The monoisotopic (exact) mass is 863 g/mol. The van der Waals surface area contributed by atoms with E-state index in [1.165, 1.54) is 46.9 Å². The Kier molecular flexibility index (Phi) is 12.8. The second-order valence-electron chi connectivity index (χ2n) is 14.0. The number of benzene rings is 5. The summed E-state index contributed by atoms with van der Waals surface area (Å²) < 4.78 is 6.26. The molecule has 2 amide bonds. The second kappa shape index (κ2) is 18.9. The van der Waals surface area contributed by atoms with Gasteiger partial charge < -0.3 is 20.2 Å². The molecule has 2 aliphatic heterocycles. The molecule has 2 atom stereocenters. The number of nitrogens with zero attached hydrogens (tertiary/aromatic N) is 3. The van der Waals surface area contributed by atoms with Gasteiger partial charge in [0.25, 0.3) is 11.8 Å². The molecule has 0 spiro atoms. The summed E-state index contributed by atoms with van der Waals surface area (Å²) in [6.45, 7) is 0. The number of β-lactam (4-membered cyclic amide) rings is 1. The van der Waals surface area contributed by atoms with Crippen LogP contribution in [0.1, 0.15) is 39.6 Å². The van der Waals surface area contributed by atoms with Gasteiger partial charge in [0.05, 0.1) is 0 Å². The minimum Gasteiger partial charge on any atom is -0.448 e. The molecule has 1 aromatic heterocycles. The van der Waals surface area contributed by atoms with Gasteiger partial charge in [0.1, 0.15) is 35.5 Å². The number of fused-ring (bicyclic) bond motifs is 1. The number of nitrogens with one attached hydrogen (secondary N) is 2. The Labute approximate surface area is 366 Å². The van der Waals surface area contributed by atoms with Gasteiger partial charge in [-0.05, 0) is 51.1 Å². The Hall–Kier alpha value is -6.41. The molecule has 61 heavy (non-hydrogen) atoms. The Morgan fingerprint density at radius 1 is 0.836 bits per heavy atom. The molecule has 1 fully saturated rings. The van der Waals surface area contributed by atoms with E-state index in [9.17, 15) is 14.4 Å². The molecule has 2 unspecified atom stereocenters. The van der Waals surface area contributed by atoms with Crippen molar-refractivity contribution >= 4 is 63.5 Å². The number of hydrogen-bond donors (Lipinski definition) is 2. The number of carbonyl (C=O) groups is 3. The lowest BCUT2D eigenvalue weighted by atomic mass is 9.77.